The minimum Gasteiger partial charge on any atom is -0.297 e. The Labute approximate surface area is 122 Å². The first-order valence-corrected chi connectivity index (χ1v) is 8.27. The molecule has 1 aromatic carbocycles. The molecule has 4 rings (SSSR count). The molecular formula is C18H26N2. The van der Waals surface area contributed by atoms with E-state index in [1.807, 2.05) is 0 Å². The Morgan fingerprint density at radius 2 is 1.95 bits per heavy atom. The number of hydrogen-bond donors (Lipinski definition) is 0. The van der Waals surface area contributed by atoms with Crippen molar-refractivity contribution < 1.29 is 0 Å². The summed E-state index contributed by atoms with van der Waals surface area (Å²) in [7, 11) is 0. The number of piperazine rings is 1. The van der Waals surface area contributed by atoms with Crippen LogP contribution >= 0.6 is 0 Å². The minimum atomic E-state index is 0.614. The molecule has 2 aliphatic heterocycles. The van der Waals surface area contributed by atoms with Crippen LogP contribution in [0, 0.1) is 5.41 Å². The molecule has 2 nitrogen and oxygen atoms in total. The standard InChI is InChI=1S/C18H26N2/c1-18(9-10-18)14-20-12-16-8-5-11-19(16)13-17(20)15-6-3-2-4-7-15/h2-4,6-7,16-17H,5,8-14H2,1H3. The fourth-order valence-corrected chi connectivity index (χ4v) is 4.11. The van der Waals surface area contributed by atoms with Gasteiger partial charge in [-0.15, -0.1) is 0 Å². The summed E-state index contributed by atoms with van der Waals surface area (Å²) in [5.74, 6) is 0. The molecule has 20 heavy (non-hydrogen) atoms. The van der Waals surface area contributed by atoms with Crippen LogP contribution in [0.5, 0.6) is 0 Å². The average molecular weight is 270 g/mol. The second-order valence-corrected chi connectivity index (χ2v) is 7.46. The Bertz CT molecular complexity index is 466. The second kappa shape index (κ2) is 4.85. The van der Waals surface area contributed by atoms with Crippen LogP contribution in [0.25, 0.3) is 0 Å². The topological polar surface area (TPSA) is 6.48 Å². The maximum Gasteiger partial charge on any atom is 0.0476 e. The zero-order valence-corrected chi connectivity index (χ0v) is 12.6. The summed E-state index contributed by atoms with van der Waals surface area (Å²) in [4.78, 5) is 5.54. The molecule has 2 saturated heterocycles. The van der Waals surface area contributed by atoms with Crippen LogP contribution in [0.1, 0.15) is 44.2 Å². The van der Waals surface area contributed by atoms with Gasteiger partial charge >= 0.3 is 0 Å². The summed E-state index contributed by atoms with van der Waals surface area (Å²) in [5.41, 5.74) is 2.13. The molecule has 2 heteroatoms. The molecule has 2 atom stereocenters. The summed E-state index contributed by atoms with van der Waals surface area (Å²) in [6.45, 7) is 7.62. The van der Waals surface area contributed by atoms with Crippen LogP contribution in [-0.2, 0) is 0 Å². The molecule has 0 amide bonds. The lowest BCUT2D eigenvalue weighted by atomic mass is 9.97. The van der Waals surface area contributed by atoms with Crippen molar-refractivity contribution in [2.75, 3.05) is 26.2 Å². The highest BCUT2D eigenvalue weighted by Gasteiger charge is 2.44. The fourth-order valence-electron chi connectivity index (χ4n) is 4.11. The van der Waals surface area contributed by atoms with Crippen LogP contribution in [0.15, 0.2) is 30.3 Å². The van der Waals surface area contributed by atoms with Crippen molar-refractivity contribution in [1.29, 1.82) is 0 Å². The van der Waals surface area contributed by atoms with Crippen molar-refractivity contribution in [2.24, 2.45) is 5.41 Å². The van der Waals surface area contributed by atoms with Gasteiger partial charge in [-0.2, -0.15) is 0 Å². The predicted molar refractivity (Wildman–Crippen MR) is 82.7 cm³/mol. The monoisotopic (exact) mass is 270 g/mol. The molecule has 0 bridgehead atoms. The van der Waals surface area contributed by atoms with Crippen molar-refractivity contribution in [3.05, 3.63) is 35.9 Å². The van der Waals surface area contributed by atoms with Gasteiger partial charge in [0.05, 0.1) is 0 Å². The highest BCUT2D eigenvalue weighted by molar-refractivity contribution is 5.21. The Hall–Kier alpha value is -0.860. The van der Waals surface area contributed by atoms with E-state index in [4.69, 9.17) is 0 Å². The lowest BCUT2D eigenvalue weighted by Gasteiger charge is -2.45. The van der Waals surface area contributed by atoms with Crippen LogP contribution in [0.4, 0.5) is 0 Å². The van der Waals surface area contributed by atoms with E-state index in [-0.39, 0.29) is 0 Å². The molecule has 1 saturated carbocycles. The third-order valence-corrected chi connectivity index (χ3v) is 5.67. The molecule has 0 aromatic heterocycles. The average Bonchev–Trinajstić information content (AvgIpc) is 3.01. The largest absolute Gasteiger partial charge is 0.297 e. The van der Waals surface area contributed by atoms with Crippen LogP contribution < -0.4 is 0 Å². The van der Waals surface area contributed by atoms with Crippen LogP contribution in [-0.4, -0.2) is 42.0 Å². The van der Waals surface area contributed by atoms with E-state index in [0.717, 1.165) is 6.04 Å². The predicted octanol–water partition coefficient (Wildman–Crippen LogP) is 3.31. The van der Waals surface area contributed by atoms with E-state index in [1.165, 1.54) is 57.4 Å². The maximum atomic E-state index is 2.80. The van der Waals surface area contributed by atoms with E-state index in [9.17, 15) is 0 Å². The molecule has 3 aliphatic rings. The Morgan fingerprint density at radius 3 is 2.70 bits per heavy atom. The van der Waals surface area contributed by atoms with Crippen molar-refractivity contribution in [2.45, 2.75) is 44.7 Å². The van der Waals surface area contributed by atoms with E-state index >= 15 is 0 Å². The van der Waals surface area contributed by atoms with Crippen molar-refractivity contribution >= 4 is 0 Å². The first-order valence-electron chi connectivity index (χ1n) is 8.27. The van der Waals surface area contributed by atoms with Gasteiger partial charge in [0.1, 0.15) is 0 Å². The molecule has 1 aliphatic carbocycles. The van der Waals surface area contributed by atoms with Crippen LogP contribution in [0.3, 0.4) is 0 Å². The summed E-state index contributed by atoms with van der Waals surface area (Å²) in [6, 6.07) is 12.6. The normalized spacial score (nSPS) is 33.0. The molecule has 0 radical (unpaired) electrons. The highest BCUT2D eigenvalue weighted by atomic mass is 15.3. The third kappa shape index (κ3) is 2.40. The molecule has 2 heterocycles. The Kier molecular flexibility index (Phi) is 3.12. The third-order valence-electron chi connectivity index (χ3n) is 5.67. The number of fused-ring (bicyclic) bond motifs is 1. The zero-order valence-electron chi connectivity index (χ0n) is 12.6. The lowest BCUT2D eigenvalue weighted by molar-refractivity contribution is 0.0378. The second-order valence-electron chi connectivity index (χ2n) is 7.46. The van der Waals surface area contributed by atoms with E-state index in [2.05, 4.69) is 47.1 Å². The van der Waals surface area contributed by atoms with Crippen molar-refractivity contribution in [3.8, 4) is 0 Å². The Morgan fingerprint density at radius 1 is 1.15 bits per heavy atom. The quantitative estimate of drug-likeness (QED) is 0.831. The maximum absolute atomic E-state index is 2.80. The first kappa shape index (κ1) is 12.8. The Balaban J connectivity index is 1.58. The number of benzene rings is 1. The van der Waals surface area contributed by atoms with Gasteiger partial charge in [-0.25, -0.2) is 0 Å². The first-order chi connectivity index (χ1) is 9.73. The van der Waals surface area contributed by atoms with Crippen LogP contribution in [0.2, 0.25) is 0 Å². The van der Waals surface area contributed by atoms with E-state index in [1.54, 1.807) is 0 Å². The van der Waals surface area contributed by atoms with Gasteiger partial charge in [0.25, 0.3) is 0 Å². The highest BCUT2D eigenvalue weighted by Crippen LogP contribution is 2.47. The van der Waals surface area contributed by atoms with Crippen molar-refractivity contribution in [1.82, 2.24) is 9.80 Å². The molecule has 0 N–H and O–H groups in total. The van der Waals surface area contributed by atoms with Gasteiger partial charge in [0, 0.05) is 31.7 Å². The zero-order chi connectivity index (χ0) is 13.6. The van der Waals surface area contributed by atoms with Crippen molar-refractivity contribution in [3.63, 3.8) is 0 Å². The number of nitrogens with zero attached hydrogens (tertiary/aromatic N) is 2. The molecule has 0 spiro atoms. The molecular weight excluding hydrogens is 244 g/mol. The van der Waals surface area contributed by atoms with Gasteiger partial charge in [0.15, 0.2) is 0 Å². The van der Waals surface area contributed by atoms with E-state index < -0.39 is 0 Å². The lowest BCUT2D eigenvalue weighted by Crippen LogP contribution is -2.52. The van der Waals surface area contributed by atoms with Gasteiger partial charge < -0.3 is 0 Å². The van der Waals surface area contributed by atoms with Gasteiger partial charge in [-0.05, 0) is 43.2 Å². The molecule has 2 unspecified atom stereocenters. The fraction of sp³-hybridized carbons (Fsp3) is 0.667. The summed E-state index contributed by atoms with van der Waals surface area (Å²) in [5, 5.41) is 0. The minimum absolute atomic E-state index is 0.614. The molecule has 1 aromatic rings. The molecule has 3 fully saturated rings. The number of rotatable bonds is 3. The SMILES string of the molecule is CC1(CN2CC3CCCN3CC2c2ccccc2)CC1. The summed E-state index contributed by atoms with van der Waals surface area (Å²) >= 11 is 0. The smallest absolute Gasteiger partial charge is 0.0476 e. The number of hydrogen-bond acceptors (Lipinski definition) is 2. The van der Waals surface area contributed by atoms with Gasteiger partial charge in [-0.3, -0.25) is 9.80 Å². The molecule has 108 valence electrons. The van der Waals surface area contributed by atoms with E-state index in [0.29, 0.717) is 11.5 Å². The summed E-state index contributed by atoms with van der Waals surface area (Å²) < 4.78 is 0. The van der Waals surface area contributed by atoms with Gasteiger partial charge in [-0.1, -0.05) is 37.3 Å². The summed E-state index contributed by atoms with van der Waals surface area (Å²) in [6.07, 6.45) is 5.67. The van der Waals surface area contributed by atoms with Gasteiger partial charge in [0.2, 0.25) is 0 Å².